The minimum atomic E-state index is -0.511. The number of carbonyl (C=O) groups excluding carboxylic acids is 1. The highest BCUT2D eigenvalue weighted by Crippen LogP contribution is 2.25. The number of rotatable bonds is 4. The molecule has 0 aliphatic heterocycles. The molecule has 108 valence electrons. The van der Waals surface area contributed by atoms with Gasteiger partial charge in [0.25, 0.3) is 0 Å². The minimum Gasteiger partial charge on any atom is -0.326 e. The van der Waals surface area contributed by atoms with Crippen LogP contribution in [0.2, 0.25) is 0 Å². The van der Waals surface area contributed by atoms with E-state index in [0.717, 1.165) is 12.0 Å². The summed E-state index contributed by atoms with van der Waals surface area (Å²) < 4.78 is 0. The summed E-state index contributed by atoms with van der Waals surface area (Å²) in [5.41, 5.74) is 2.18. The van der Waals surface area contributed by atoms with Crippen LogP contribution >= 0.6 is 0 Å². The Morgan fingerprint density at radius 1 is 1.30 bits per heavy atom. The molecule has 0 aromatic heterocycles. The number of benzene rings is 1. The molecule has 1 rings (SSSR count). The SMILES string of the molecule is CCCC(=O)N(C)C(C#N)c1ccc(C(C)(C)C)cc1. The number of amides is 1. The first kappa shape index (κ1) is 16.2. The predicted octanol–water partition coefficient (Wildman–Crippen LogP) is 3.81. The van der Waals surface area contributed by atoms with Crippen LogP contribution in [0.5, 0.6) is 0 Å². The molecule has 1 atom stereocenters. The summed E-state index contributed by atoms with van der Waals surface area (Å²) in [6, 6.07) is 9.69. The van der Waals surface area contributed by atoms with Crippen LogP contribution in [0.4, 0.5) is 0 Å². The second-order valence-corrected chi connectivity index (χ2v) is 6.16. The molecule has 3 nitrogen and oxygen atoms in total. The van der Waals surface area contributed by atoms with Gasteiger partial charge < -0.3 is 4.90 Å². The van der Waals surface area contributed by atoms with Gasteiger partial charge in [0.05, 0.1) is 6.07 Å². The van der Waals surface area contributed by atoms with Gasteiger partial charge in [0.2, 0.25) is 5.91 Å². The Hall–Kier alpha value is -1.82. The van der Waals surface area contributed by atoms with Crippen molar-refractivity contribution in [2.45, 2.75) is 52.0 Å². The van der Waals surface area contributed by atoms with E-state index in [1.807, 2.05) is 31.2 Å². The standard InChI is InChI=1S/C17H24N2O/c1-6-7-16(20)19(5)15(12-18)13-8-10-14(11-9-13)17(2,3)4/h8-11,15H,6-7H2,1-5H3. The number of nitriles is 1. The normalized spacial score (nSPS) is 12.6. The Bertz CT molecular complexity index is 491. The summed E-state index contributed by atoms with van der Waals surface area (Å²) in [4.78, 5) is 13.5. The van der Waals surface area contributed by atoms with E-state index in [9.17, 15) is 10.1 Å². The van der Waals surface area contributed by atoms with Crippen LogP contribution < -0.4 is 0 Å². The fourth-order valence-electron chi connectivity index (χ4n) is 2.08. The van der Waals surface area contributed by atoms with Crippen molar-refractivity contribution in [3.8, 4) is 6.07 Å². The zero-order valence-electron chi connectivity index (χ0n) is 13.1. The van der Waals surface area contributed by atoms with Crippen molar-refractivity contribution in [1.29, 1.82) is 5.26 Å². The molecular weight excluding hydrogens is 248 g/mol. The zero-order valence-corrected chi connectivity index (χ0v) is 13.1. The third-order valence-corrected chi connectivity index (χ3v) is 3.46. The highest BCUT2D eigenvalue weighted by Gasteiger charge is 2.21. The first-order chi connectivity index (χ1) is 9.31. The molecule has 1 aromatic rings. The summed E-state index contributed by atoms with van der Waals surface area (Å²) in [5, 5.41) is 9.35. The van der Waals surface area contributed by atoms with E-state index in [2.05, 4.69) is 26.8 Å². The highest BCUT2D eigenvalue weighted by atomic mass is 16.2. The van der Waals surface area contributed by atoms with Gasteiger partial charge in [-0.15, -0.1) is 0 Å². The van der Waals surface area contributed by atoms with Crippen molar-refractivity contribution in [2.75, 3.05) is 7.05 Å². The second kappa shape index (κ2) is 6.56. The third-order valence-electron chi connectivity index (χ3n) is 3.46. The molecule has 0 heterocycles. The van der Waals surface area contributed by atoms with E-state index in [4.69, 9.17) is 0 Å². The molecule has 0 radical (unpaired) electrons. The molecule has 0 N–H and O–H groups in total. The van der Waals surface area contributed by atoms with Crippen LogP contribution in [-0.2, 0) is 10.2 Å². The van der Waals surface area contributed by atoms with Crippen LogP contribution in [-0.4, -0.2) is 17.9 Å². The first-order valence-corrected chi connectivity index (χ1v) is 7.07. The molecule has 0 saturated heterocycles. The van der Waals surface area contributed by atoms with Crippen LogP contribution in [0.1, 0.15) is 57.7 Å². The summed E-state index contributed by atoms with van der Waals surface area (Å²) in [5.74, 6) is 0.0129. The Labute approximate surface area is 122 Å². The number of nitrogens with zero attached hydrogens (tertiary/aromatic N) is 2. The van der Waals surface area contributed by atoms with Gasteiger partial charge >= 0.3 is 0 Å². The summed E-state index contributed by atoms with van der Waals surface area (Å²) in [6.45, 7) is 8.42. The molecule has 0 spiro atoms. The number of carbonyl (C=O) groups is 1. The Kier molecular flexibility index (Phi) is 5.33. The first-order valence-electron chi connectivity index (χ1n) is 7.07. The van der Waals surface area contributed by atoms with E-state index in [1.54, 1.807) is 7.05 Å². The maximum atomic E-state index is 11.9. The van der Waals surface area contributed by atoms with Gasteiger partial charge in [0.15, 0.2) is 0 Å². The van der Waals surface area contributed by atoms with Crippen molar-refractivity contribution in [2.24, 2.45) is 0 Å². The quantitative estimate of drug-likeness (QED) is 0.836. The molecular formula is C17H24N2O. The van der Waals surface area contributed by atoms with E-state index in [-0.39, 0.29) is 11.3 Å². The van der Waals surface area contributed by atoms with Gasteiger partial charge in [-0.1, -0.05) is 52.0 Å². The molecule has 3 heteroatoms. The average Bonchev–Trinajstić information content (AvgIpc) is 2.39. The maximum absolute atomic E-state index is 11.9. The molecule has 20 heavy (non-hydrogen) atoms. The van der Waals surface area contributed by atoms with Crippen molar-refractivity contribution >= 4 is 5.91 Å². The fourth-order valence-corrected chi connectivity index (χ4v) is 2.08. The van der Waals surface area contributed by atoms with Crippen LogP contribution in [0.15, 0.2) is 24.3 Å². The lowest BCUT2D eigenvalue weighted by molar-refractivity contribution is -0.131. The molecule has 0 aliphatic carbocycles. The van der Waals surface area contributed by atoms with E-state index >= 15 is 0 Å². The second-order valence-electron chi connectivity index (χ2n) is 6.16. The molecule has 0 fully saturated rings. The van der Waals surface area contributed by atoms with Gasteiger partial charge in [0, 0.05) is 13.5 Å². The Morgan fingerprint density at radius 3 is 2.25 bits per heavy atom. The smallest absolute Gasteiger partial charge is 0.223 e. The molecule has 1 aromatic carbocycles. The predicted molar refractivity (Wildman–Crippen MR) is 81.2 cm³/mol. The van der Waals surface area contributed by atoms with E-state index in [1.165, 1.54) is 10.5 Å². The highest BCUT2D eigenvalue weighted by molar-refractivity contribution is 5.76. The lowest BCUT2D eigenvalue weighted by Crippen LogP contribution is -2.30. The van der Waals surface area contributed by atoms with Gasteiger partial charge in [0.1, 0.15) is 6.04 Å². The Morgan fingerprint density at radius 2 is 1.85 bits per heavy atom. The molecule has 0 saturated carbocycles. The monoisotopic (exact) mass is 272 g/mol. The third kappa shape index (κ3) is 3.84. The van der Waals surface area contributed by atoms with Crippen molar-refractivity contribution in [3.63, 3.8) is 0 Å². The van der Waals surface area contributed by atoms with Crippen molar-refractivity contribution in [3.05, 3.63) is 35.4 Å². The lowest BCUT2D eigenvalue weighted by atomic mass is 9.86. The van der Waals surface area contributed by atoms with Gasteiger partial charge in [-0.25, -0.2) is 0 Å². The van der Waals surface area contributed by atoms with Crippen LogP contribution in [0, 0.1) is 11.3 Å². The van der Waals surface area contributed by atoms with Crippen molar-refractivity contribution < 1.29 is 4.79 Å². The summed E-state index contributed by atoms with van der Waals surface area (Å²) in [7, 11) is 1.70. The lowest BCUT2D eigenvalue weighted by Gasteiger charge is -2.24. The molecule has 0 aliphatic rings. The molecule has 1 unspecified atom stereocenters. The summed E-state index contributed by atoms with van der Waals surface area (Å²) >= 11 is 0. The van der Waals surface area contributed by atoms with Crippen molar-refractivity contribution in [1.82, 2.24) is 4.90 Å². The largest absolute Gasteiger partial charge is 0.326 e. The zero-order chi connectivity index (χ0) is 15.3. The minimum absolute atomic E-state index is 0.0129. The summed E-state index contributed by atoms with van der Waals surface area (Å²) in [6.07, 6.45) is 1.28. The van der Waals surface area contributed by atoms with E-state index in [0.29, 0.717) is 6.42 Å². The maximum Gasteiger partial charge on any atom is 0.223 e. The van der Waals surface area contributed by atoms with Gasteiger partial charge in [-0.05, 0) is 23.0 Å². The fraction of sp³-hybridized carbons (Fsp3) is 0.529. The van der Waals surface area contributed by atoms with Crippen LogP contribution in [0.25, 0.3) is 0 Å². The number of hydrogen-bond acceptors (Lipinski definition) is 2. The number of hydrogen-bond donors (Lipinski definition) is 0. The Balaban J connectivity index is 2.97. The van der Waals surface area contributed by atoms with Gasteiger partial charge in [-0.3, -0.25) is 4.79 Å². The molecule has 1 amide bonds. The molecule has 0 bridgehead atoms. The van der Waals surface area contributed by atoms with Crippen LogP contribution in [0.3, 0.4) is 0 Å². The average molecular weight is 272 g/mol. The van der Waals surface area contributed by atoms with E-state index < -0.39 is 6.04 Å². The van der Waals surface area contributed by atoms with Gasteiger partial charge in [-0.2, -0.15) is 5.26 Å². The topological polar surface area (TPSA) is 44.1 Å².